The van der Waals surface area contributed by atoms with Gasteiger partial charge in [0.2, 0.25) is 0 Å². The molecular formula is C56H74O4S2. The van der Waals surface area contributed by atoms with Crippen molar-refractivity contribution in [2.24, 2.45) is 17.8 Å². The number of carbonyl (C=O) groups is 2. The van der Waals surface area contributed by atoms with E-state index in [1.54, 1.807) is 0 Å². The average molecular weight is 875 g/mol. The Morgan fingerprint density at radius 1 is 0.581 bits per heavy atom. The van der Waals surface area contributed by atoms with Gasteiger partial charge in [-0.1, -0.05) is 185 Å². The van der Waals surface area contributed by atoms with Crippen molar-refractivity contribution < 1.29 is 19.1 Å². The Bertz CT molecular complexity index is 2240. The van der Waals surface area contributed by atoms with Crippen LogP contribution in [0.15, 0.2) is 78.9 Å². The van der Waals surface area contributed by atoms with Crippen LogP contribution in [0, 0.1) is 17.8 Å². The lowest BCUT2D eigenvalue weighted by atomic mass is 9.88. The predicted octanol–water partition coefficient (Wildman–Crippen LogP) is 17.8. The van der Waals surface area contributed by atoms with E-state index in [9.17, 15) is 9.59 Å². The molecule has 3 aromatic carbocycles. The number of hydrogen-bond acceptors (Lipinski definition) is 6. The van der Waals surface area contributed by atoms with Crippen molar-refractivity contribution in [1.82, 2.24) is 0 Å². The zero-order chi connectivity index (χ0) is 43.8. The quantitative estimate of drug-likeness (QED) is 0.0410. The molecule has 0 N–H and O–H groups in total. The largest absolute Gasteiger partial charge is 0.462 e. The molecule has 0 amide bonds. The number of esters is 2. The normalized spacial score (nSPS) is 16.1. The van der Waals surface area contributed by atoms with Crippen LogP contribution in [0.2, 0.25) is 0 Å². The van der Waals surface area contributed by atoms with Gasteiger partial charge in [0.1, 0.15) is 12.2 Å². The molecule has 0 radical (unpaired) electrons. The molecule has 6 heteroatoms. The number of fused-ring (bicyclic) bond motifs is 5. The first-order chi connectivity index (χ1) is 30.3. The maximum Gasteiger partial charge on any atom is 0.309 e. The van der Waals surface area contributed by atoms with Crippen LogP contribution in [0.3, 0.4) is 0 Å². The molecule has 2 aromatic heterocycles. The minimum absolute atomic E-state index is 0.00312. The van der Waals surface area contributed by atoms with Gasteiger partial charge < -0.3 is 9.47 Å². The number of ether oxygens (including phenoxy) is 2. The highest BCUT2D eigenvalue weighted by molar-refractivity contribution is 7.36. The zero-order valence-corrected chi connectivity index (χ0v) is 40.4. The average Bonchev–Trinajstić information content (AvgIpc) is 3.84. The topological polar surface area (TPSA) is 52.6 Å². The monoisotopic (exact) mass is 875 g/mol. The van der Waals surface area contributed by atoms with Gasteiger partial charge in [0.25, 0.3) is 0 Å². The van der Waals surface area contributed by atoms with Gasteiger partial charge in [0.15, 0.2) is 0 Å². The molecule has 0 saturated carbocycles. The van der Waals surface area contributed by atoms with E-state index in [0.717, 1.165) is 89.0 Å². The fraction of sp³-hybridized carbons (Fsp3) is 0.536. The summed E-state index contributed by atoms with van der Waals surface area (Å²) in [5, 5.41) is 2.64. The Hall–Kier alpha value is -3.74. The summed E-state index contributed by atoms with van der Waals surface area (Å²) in [4.78, 5) is 26.8. The lowest BCUT2D eigenvalue weighted by Gasteiger charge is -2.27. The molecule has 1 aliphatic carbocycles. The van der Waals surface area contributed by atoms with Gasteiger partial charge in [-0.05, 0) is 84.9 Å². The second-order valence-electron chi connectivity index (χ2n) is 17.9. The van der Waals surface area contributed by atoms with Crippen molar-refractivity contribution in [1.29, 1.82) is 0 Å². The summed E-state index contributed by atoms with van der Waals surface area (Å²) in [6, 6.07) is 22.5. The molecule has 1 aliphatic rings. The Morgan fingerprint density at radius 3 is 1.61 bits per heavy atom. The van der Waals surface area contributed by atoms with Crippen LogP contribution < -0.4 is 0 Å². The van der Waals surface area contributed by atoms with Crippen LogP contribution >= 0.6 is 22.7 Å². The van der Waals surface area contributed by atoms with Crippen molar-refractivity contribution in [3.63, 3.8) is 0 Å². The molecule has 5 unspecified atom stereocenters. The number of allylic oxidation sites excluding steroid dienone is 3. The second-order valence-corrected chi connectivity index (χ2v) is 20.0. The summed E-state index contributed by atoms with van der Waals surface area (Å²) < 4.78 is 17.8. The molecule has 5 atom stereocenters. The Balaban J connectivity index is 1.10. The van der Waals surface area contributed by atoms with E-state index in [2.05, 4.69) is 120 Å². The van der Waals surface area contributed by atoms with E-state index in [0.29, 0.717) is 0 Å². The fourth-order valence-electron chi connectivity index (χ4n) is 9.27. The fourth-order valence-corrected chi connectivity index (χ4v) is 12.0. The minimum Gasteiger partial charge on any atom is -0.462 e. The lowest BCUT2D eigenvalue weighted by Crippen LogP contribution is -2.29. The predicted molar refractivity (Wildman–Crippen MR) is 268 cm³/mol. The van der Waals surface area contributed by atoms with E-state index >= 15 is 0 Å². The van der Waals surface area contributed by atoms with Crippen LogP contribution in [0.25, 0.3) is 46.3 Å². The zero-order valence-electron chi connectivity index (χ0n) is 38.8. The van der Waals surface area contributed by atoms with Gasteiger partial charge in [0, 0.05) is 26.1 Å². The first-order valence-electron chi connectivity index (χ1n) is 24.6. The van der Waals surface area contributed by atoms with E-state index in [1.807, 2.05) is 22.7 Å². The van der Waals surface area contributed by atoms with Gasteiger partial charge >= 0.3 is 11.9 Å². The number of benzene rings is 3. The molecule has 334 valence electrons. The molecule has 0 fully saturated rings. The maximum atomic E-state index is 13.4. The van der Waals surface area contributed by atoms with Crippen LogP contribution in [0.1, 0.15) is 181 Å². The molecule has 2 heterocycles. The van der Waals surface area contributed by atoms with E-state index < -0.39 is 0 Å². The molecule has 6 rings (SSSR count). The Morgan fingerprint density at radius 2 is 1.10 bits per heavy atom. The summed E-state index contributed by atoms with van der Waals surface area (Å²) in [5.74, 6) is 0.241. The molecule has 0 saturated heterocycles. The third kappa shape index (κ3) is 12.3. The van der Waals surface area contributed by atoms with Crippen LogP contribution in [0.4, 0.5) is 0 Å². The van der Waals surface area contributed by atoms with Crippen molar-refractivity contribution >= 4 is 69.8 Å². The number of rotatable bonds is 26. The summed E-state index contributed by atoms with van der Waals surface area (Å²) in [6.07, 6.45) is 26.7. The maximum absolute atomic E-state index is 13.4. The van der Waals surface area contributed by atoms with Crippen LogP contribution in [-0.4, -0.2) is 18.0 Å². The highest BCUT2D eigenvalue weighted by Gasteiger charge is 2.28. The third-order valence-corrected chi connectivity index (χ3v) is 15.7. The lowest BCUT2D eigenvalue weighted by molar-refractivity contribution is -0.157. The summed E-state index contributed by atoms with van der Waals surface area (Å²) in [5.41, 5.74) is 5.93. The molecule has 0 bridgehead atoms. The number of thiophene rings is 2. The first-order valence-corrected chi connectivity index (χ1v) is 26.2. The molecule has 5 aromatic rings. The number of hydrogen-bond donors (Lipinski definition) is 0. The Kier molecular flexibility index (Phi) is 18.8. The van der Waals surface area contributed by atoms with E-state index in [1.165, 1.54) is 90.4 Å². The standard InChI is InChI=1S/C56H74O4S2/c1-7-13-17-19-23-43(21-15-9-3)55(57)59-49(11-5)41-29-25-39(26-30-41)45-33-35-47-51(37-45)61-54-48-36-34-46(38-52(48)62-53(47)54)40-27-31-42(32-28-40)50(12-6)60-56(58)44(22-16-10-4)24-20-18-14-8-2/h25-31,33-38,42-44,49-50H,7-24,32H2,1-6H3. The van der Waals surface area contributed by atoms with Gasteiger partial charge in [-0.3, -0.25) is 9.59 Å². The molecular weight excluding hydrogens is 801 g/mol. The third-order valence-electron chi connectivity index (χ3n) is 13.2. The van der Waals surface area contributed by atoms with Crippen molar-refractivity contribution in [3.8, 4) is 11.1 Å². The molecule has 62 heavy (non-hydrogen) atoms. The van der Waals surface area contributed by atoms with Crippen LogP contribution in [-0.2, 0) is 19.1 Å². The molecule has 4 nitrogen and oxygen atoms in total. The van der Waals surface area contributed by atoms with Crippen LogP contribution in [0.5, 0.6) is 0 Å². The smallest absolute Gasteiger partial charge is 0.309 e. The van der Waals surface area contributed by atoms with Crippen molar-refractivity contribution in [2.75, 3.05) is 0 Å². The summed E-state index contributed by atoms with van der Waals surface area (Å²) >= 11 is 3.78. The van der Waals surface area contributed by atoms with Gasteiger partial charge in [-0.15, -0.1) is 22.7 Å². The van der Waals surface area contributed by atoms with Gasteiger partial charge in [-0.2, -0.15) is 0 Å². The van der Waals surface area contributed by atoms with E-state index in [-0.39, 0.29) is 41.9 Å². The van der Waals surface area contributed by atoms with Gasteiger partial charge in [0.05, 0.1) is 21.2 Å². The second kappa shape index (κ2) is 24.4. The van der Waals surface area contributed by atoms with Crippen molar-refractivity contribution in [2.45, 2.75) is 176 Å². The minimum atomic E-state index is -0.220. The van der Waals surface area contributed by atoms with Crippen molar-refractivity contribution in [3.05, 3.63) is 90.0 Å². The highest BCUT2D eigenvalue weighted by Crippen LogP contribution is 2.46. The van der Waals surface area contributed by atoms with Gasteiger partial charge in [-0.25, -0.2) is 0 Å². The summed E-state index contributed by atoms with van der Waals surface area (Å²) in [6.45, 7) is 13.1. The summed E-state index contributed by atoms with van der Waals surface area (Å²) in [7, 11) is 0. The molecule has 0 spiro atoms. The number of carbonyl (C=O) groups excluding carboxylic acids is 2. The van der Waals surface area contributed by atoms with E-state index in [4.69, 9.17) is 9.47 Å². The SMILES string of the molecule is CCCCCCC(CCCC)C(=O)OC(CC)c1ccc(-c2ccc3c(c2)sc2c4ccc(C5=CCC(C(CC)OC(=O)C(CCCC)CCCCCC)C=C5)cc4sc32)cc1. The number of unbranched alkanes of at least 4 members (excludes halogenated alkanes) is 8. The molecule has 0 aliphatic heterocycles. The Labute approximate surface area is 381 Å². The highest BCUT2D eigenvalue weighted by atomic mass is 32.1. The first kappa shape index (κ1) is 47.7.